The van der Waals surface area contributed by atoms with Crippen LogP contribution in [-0.2, 0) is 14.4 Å². The molecule has 0 aliphatic heterocycles. The summed E-state index contributed by atoms with van der Waals surface area (Å²) >= 11 is 0. The standard InChI is InChI=1S/C13H16O6/c14-8(15)11-1-7-2-12(4-11,9(16)17)6-13(3-7,5-11)10(18)19/h7H,1-6H2,(H,14,15)(H,16,17)(H,18,19)/p-3. The zero-order chi connectivity index (χ0) is 14.1. The number of carboxylic acids is 3. The molecule has 4 aliphatic carbocycles. The summed E-state index contributed by atoms with van der Waals surface area (Å²) in [5, 5.41) is 34.3. The van der Waals surface area contributed by atoms with Crippen molar-refractivity contribution in [1.82, 2.24) is 0 Å². The molecule has 4 bridgehead atoms. The van der Waals surface area contributed by atoms with Gasteiger partial charge in [-0.15, -0.1) is 0 Å². The van der Waals surface area contributed by atoms with Crippen molar-refractivity contribution >= 4 is 17.9 Å². The summed E-state index contributed by atoms with van der Waals surface area (Å²) < 4.78 is 0. The highest BCUT2D eigenvalue weighted by atomic mass is 16.4. The van der Waals surface area contributed by atoms with Crippen LogP contribution in [0.2, 0.25) is 0 Å². The smallest absolute Gasteiger partial charge is 0.0477 e. The predicted octanol–water partition coefficient (Wildman–Crippen LogP) is -2.81. The van der Waals surface area contributed by atoms with E-state index in [9.17, 15) is 29.7 Å². The zero-order valence-electron chi connectivity index (χ0n) is 10.3. The fourth-order valence-electron chi connectivity index (χ4n) is 5.12. The molecule has 0 saturated heterocycles. The van der Waals surface area contributed by atoms with Gasteiger partial charge in [0.2, 0.25) is 0 Å². The molecule has 0 spiro atoms. The Kier molecular flexibility index (Phi) is 2.16. The quantitative estimate of drug-likeness (QED) is 0.543. The Balaban J connectivity index is 2.13. The van der Waals surface area contributed by atoms with E-state index < -0.39 is 34.2 Å². The molecule has 0 unspecified atom stereocenters. The summed E-state index contributed by atoms with van der Waals surface area (Å²) in [6.07, 6.45) is 0.695. The molecule has 19 heavy (non-hydrogen) atoms. The van der Waals surface area contributed by atoms with Crippen molar-refractivity contribution in [2.45, 2.75) is 38.5 Å². The third-order valence-corrected chi connectivity index (χ3v) is 5.37. The number of aliphatic carboxylic acids is 3. The van der Waals surface area contributed by atoms with Gasteiger partial charge >= 0.3 is 0 Å². The summed E-state index contributed by atoms with van der Waals surface area (Å²) in [4.78, 5) is 34.3. The van der Waals surface area contributed by atoms with Crippen molar-refractivity contribution in [3.05, 3.63) is 0 Å². The van der Waals surface area contributed by atoms with Gasteiger partial charge < -0.3 is 29.7 Å². The molecule has 0 heterocycles. The minimum absolute atomic E-state index is 0.0732. The van der Waals surface area contributed by atoms with E-state index in [2.05, 4.69) is 0 Å². The van der Waals surface area contributed by atoms with E-state index in [4.69, 9.17) is 0 Å². The Morgan fingerprint density at radius 1 is 0.684 bits per heavy atom. The lowest BCUT2D eigenvalue weighted by molar-refractivity contribution is -0.357. The van der Waals surface area contributed by atoms with Crippen molar-refractivity contribution in [3.8, 4) is 0 Å². The lowest BCUT2D eigenvalue weighted by atomic mass is 9.39. The molecular weight excluding hydrogens is 252 g/mol. The minimum atomic E-state index is -1.35. The first kappa shape index (κ1) is 12.4. The highest BCUT2D eigenvalue weighted by Crippen LogP contribution is 2.69. The van der Waals surface area contributed by atoms with Crippen LogP contribution >= 0.6 is 0 Å². The topological polar surface area (TPSA) is 120 Å². The fraction of sp³-hybridized carbons (Fsp3) is 0.769. The van der Waals surface area contributed by atoms with Gasteiger partial charge in [0.25, 0.3) is 0 Å². The van der Waals surface area contributed by atoms with E-state index >= 15 is 0 Å². The largest absolute Gasteiger partial charge is 0.550 e. The number of carbonyl (C=O) groups excluding carboxylic acids is 3. The van der Waals surface area contributed by atoms with Gasteiger partial charge in [0.15, 0.2) is 0 Å². The lowest BCUT2D eigenvalue weighted by Crippen LogP contribution is -2.68. The summed E-state index contributed by atoms with van der Waals surface area (Å²) in [5.74, 6) is -4.24. The maximum absolute atomic E-state index is 11.4. The van der Waals surface area contributed by atoms with Crippen molar-refractivity contribution in [1.29, 1.82) is 0 Å². The highest BCUT2D eigenvalue weighted by Gasteiger charge is 2.64. The molecule has 104 valence electrons. The van der Waals surface area contributed by atoms with E-state index in [0.29, 0.717) is 19.3 Å². The molecule has 0 aromatic heterocycles. The van der Waals surface area contributed by atoms with Gasteiger partial charge in [-0.25, -0.2) is 0 Å². The Hall–Kier alpha value is -1.59. The molecule has 0 radical (unpaired) electrons. The maximum atomic E-state index is 11.4. The van der Waals surface area contributed by atoms with Crippen LogP contribution in [0, 0.1) is 22.2 Å². The Labute approximate surface area is 109 Å². The predicted molar refractivity (Wildman–Crippen MR) is 53.5 cm³/mol. The van der Waals surface area contributed by atoms with Crippen molar-refractivity contribution < 1.29 is 29.7 Å². The van der Waals surface area contributed by atoms with Crippen LogP contribution in [-0.4, -0.2) is 17.9 Å². The SMILES string of the molecule is O=C([O-])C12CC3CC(C(=O)[O-])(C1)CC(C(=O)[O-])(C3)C2. The lowest BCUT2D eigenvalue weighted by Gasteiger charge is -2.67. The number of carboxylic acid groups (broad SMARTS) is 3. The van der Waals surface area contributed by atoms with Crippen LogP contribution in [0.1, 0.15) is 38.5 Å². The highest BCUT2D eigenvalue weighted by molar-refractivity contribution is 5.84. The molecule has 4 fully saturated rings. The van der Waals surface area contributed by atoms with Gasteiger partial charge in [-0.1, -0.05) is 0 Å². The Morgan fingerprint density at radius 2 is 0.947 bits per heavy atom. The molecule has 4 aliphatic rings. The van der Waals surface area contributed by atoms with Crippen molar-refractivity contribution in [2.24, 2.45) is 22.2 Å². The summed E-state index contributed by atoms with van der Waals surface area (Å²) in [6.45, 7) is 0. The van der Waals surface area contributed by atoms with E-state index in [1.54, 1.807) is 0 Å². The average Bonchev–Trinajstić information content (AvgIpc) is 2.26. The Bertz CT molecular complexity index is 416. The maximum Gasteiger partial charge on any atom is 0.0477 e. The van der Waals surface area contributed by atoms with E-state index in [1.165, 1.54) is 0 Å². The molecule has 0 aromatic carbocycles. The molecule has 6 nitrogen and oxygen atoms in total. The molecule has 0 N–H and O–H groups in total. The zero-order valence-corrected chi connectivity index (χ0v) is 10.3. The second kappa shape index (κ2) is 3.29. The van der Waals surface area contributed by atoms with Crippen LogP contribution < -0.4 is 15.3 Å². The van der Waals surface area contributed by atoms with Gasteiger partial charge in [-0.2, -0.15) is 0 Å². The van der Waals surface area contributed by atoms with Gasteiger partial charge in [-0.05, 0) is 44.4 Å². The Morgan fingerprint density at radius 3 is 1.16 bits per heavy atom. The van der Waals surface area contributed by atoms with E-state index in [0.717, 1.165) is 0 Å². The monoisotopic (exact) mass is 265 g/mol. The van der Waals surface area contributed by atoms with Crippen LogP contribution in [0.15, 0.2) is 0 Å². The van der Waals surface area contributed by atoms with E-state index in [-0.39, 0.29) is 25.2 Å². The van der Waals surface area contributed by atoms with Crippen LogP contribution in [0.5, 0.6) is 0 Å². The number of hydrogen-bond acceptors (Lipinski definition) is 6. The number of hydrogen-bond donors (Lipinski definition) is 0. The van der Waals surface area contributed by atoms with E-state index in [1.807, 2.05) is 0 Å². The minimum Gasteiger partial charge on any atom is -0.550 e. The molecule has 0 atom stereocenters. The van der Waals surface area contributed by atoms with Gasteiger partial charge in [0, 0.05) is 34.2 Å². The molecule has 4 saturated carbocycles. The fourth-order valence-corrected chi connectivity index (χ4v) is 5.12. The van der Waals surface area contributed by atoms with Gasteiger partial charge in [0.1, 0.15) is 0 Å². The molecule has 6 heteroatoms. The van der Waals surface area contributed by atoms with Gasteiger partial charge in [0.05, 0.1) is 0 Å². The first-order valence-electron chi connectivity index (χ1n) is 6.38. The summed E-state index contributed by atoms with van der Waals surface area (Å²) in [6, 6.07) is 0. The first-order chi connectivity index (χ1) is 8.74. The van der Waals surface area contributed by atoms with Crippen molar-refractivity contribution in [3.63, 3.8) is 0 Å². The van der Waals surface area contributed by atoms with Crippen LogP contribution in [0.4, 0.5) is 0 Å². The third kappa shape index (κ3) is 1.40. The van der Waals surface area contributed by atoms with Crippen LogP contribution in [0.3, 0.4) is 0 Å². The van der Waals surface area contributed by atoms with Crippen LogP contribution in [0.25, 0.3) is 0 Å². The number of carbonyl (C=O) groups is 3. The average molecular weight is 265 g/mol. The first-order valence-corrected chi connectivity index (χ1v) is 6.38. The number of rotatable bonds is 3. The second-order valence-electron chi connectivity index (χ2n) is 6.71. The second-order valence-corrected chi connectivity index (χ2v) is 6.71. The summed E-state index contributed by atoms with van der Waals surface area (Å²) in [5.41, 5.74) is -4.04. The molecule has 0 amide bonds. The molecule has 4 rings (SSSR count). The normalized spacial score (nSPS) is 47.1. The molecule has 0 aromatic rings. The van der Waals surface area contributed by atoms with Gasteiger partial charge in [-0.3, -0.25) is 0 Å². The summed E-state index contributed by atoms with van der Waals surface area (Å²) in [7, 11) is 0. The third-order valence-electron chi connectivity index (χ3n) is 5.37. The molecular formula is C13H13O6-3. The van der Waals surface area contributed by atoms with Crippen molar-refractivity contribution in [2.75, 3.05) is 0 Å².